The van der Waals surface area contributed by atoms with Gasteiger partial charge in [-0.05, 0) is 49.2 Å². The van der Waals surface area contributed by atoms with E-state index in [-0.39, 0.29) is 11.9 Å². The van der Waals surface area contributed by atoms with Crippen LogP contribution >= 0.6 is 0 Å². The maximum atomic E-state index is 14.3. The van der Waals surface area contributed by atoms with Crippen molar-refractivity contribution in [3.05, 3.63) is 49.3 Å². The molecule has 6 rings (SSSR count). The maximum Gasteiger partial charge on any atom is 0.408 e. The highest BCUT2D eigenvalue weighted by molar-refractivity contribution is 5.92. The number of alkyl halides is 3. The van der Waals surface area contributed by atoms with Crippen LogP contribution in [-0.2, 0) is 9.53 Å². The normalized spacial score (nSPS) is 22.8. The van der Waals surface area contributed by atoms with Crippen molar-refractivity contribution in [2.75, 3.05) is 62.7 Å². The Hall–Kier alpha value is -3.64. The zero-order valence-corrected chi connectivity index (χ0v) is 22.7. The fourth-order valence-electron chi connectivity index (χ4n) is 6.29. The number of H-pyrrole nitrogens is 1. The van der Waals surface area contributed by atoms with Crippen LogP contribution in [0.25, 0.3) is 22.3 Å². The van der Waals surface area contributed by atoms with Crippen LogP contribution in [0.3, 0.4) is 0 Å². The SMILES string of the molecule is C=CC(=O)N1CC[C@@H](N2CC[C@H](C(Nc3ccc(-c4cc5c(N6CCOCC6)ncnc5[nH]4)cc3)C(F)(F)F)C2)C1. The lowest BCUT2D eigenvalue weighted by Gasteiger charge is -2.29. The average Bonchev–Trinajstić information content (AvgIpc) is 3.75. The predicted octanol–water partition coefficient (Wildman–Crippen LogP) is 3.91. The highest BCUT2D eigenvalue weighted by Gasteiger charge is 2.48. The molecule has 5 heterocycles. The number of nitrogens with zero attached hydrogens (tertiary/aromatic N) is 5. The molecule has 3 aliphatic rings. The minimum Gasteiger partial charge on any atom is -0.378 e. The molecule has 2 aromatic heterocycles. The monoisotopic (exact) mass is 569 g/mol. The van der Waals surface area contributed by atoms with Gasteiger partial charge in [-0.25, -0.2) is 9.97 Å². The second-order valence-electron chi connectivity index (χ2n) is 11.0. The van der Waals surface area contributed by atoms with Crippen molar-refractivity contribution < 1.29 is 22.7 Å². The van der Waals surface area contributed by atoms with Gasteiger partial charge >= 0.3 is 6.18 Å². The predicted molar refractivity (Wildman–Crippen MR) is 151 cm³/mol. The molecule has 3 fully saturated rings. The Labute approximate surface area is 236 Å². The number of carbonyl (C=O) groups excluding carboxylic acids is 1. The van der Waals surface area contributed by atoms with Gasteiger partial charge in [0.05, 0.1) is 18.6 Å². The van der Waals surface area contributed by atoms with Gasteiger partial charge in [-0.2, -0.15) is 13.2 Å². The summed E-state index contributed by atoms with van der Waals surface area (Å²) in [5, 5.41) is 3.68. The third-order valence-electron chi connectivity index (χ3n) is 8.48. The van der Waals surface area contributed by atoms with E-state index in [0.717, 1.165) is 42.0 Å². The molecule has 3 aliphatic heterocycles. The number of likely N-dealkylation sites (tertiary alicyclic amines) is 2. The number of ether oxygens (including phenoxy) is 1. The number of carbonyl (C=O) groups is 1. The molecule has 0 spiro atoms. The van der Waals surface area contributed by atoms with Gasteiger partial charge in [-0.3, -0.25) is 9.69 Å². The Morgan fingerprint density at radius 2 is 1.88 bits per heavy atom. The summed E-state index contributed by atoms with van der Waals surface area (Å²) in [6, 6.07) is 7.42. The van der Waals surface area contributed by atoms with Crippen LogP contribution in [-0.4, -0.2) is 101 Å². The van der Waals surface area contributed by atoms with Crippen LogP contribution in [0.15, 0.2) is 49.3 Å². The quantitative estimate of drug-likeness (QED) is 0.417. The molecule has 0 bridgehead atoms. The summed E-state index contributed by atoms with van der Waals surface area (Å²) in [6.07, 6.45) is -0.357. The molecule has 218 valence electrons. The van der Waals surface area contributed by atoms with Gasteiger partial charge in [-0.15, -0.1) is 0 Å². The van der Waals surface area contributed by atoms with Gasteiger partial charge in [0, 0.05) is 56.1 Å². The Morgan fingerprint density at radius 3 is 2.61 bits per heavy atom. The number of amides is 1. The van der Waals surface area contributed by atoms with E-state index in [4.69, 9.17) is 4.74 Å². The lowest BCUT2D eigenvalue weighted by Crippen LogP contribution is -2.45. The van der Waals surface area contributed by atoms with Gasteiger partial charge < -0.3 is 24.8 Å². The highest BCUT2D eigenvalue weighted by atomic mass is 19.4. The van der Waals surface area contributed by atoms with E-state index in [2.05, 4.69) is 36.6 Å². The van der Waals surface area contributed by atoms with Crippen molar-refractivity contribution in [1.82, 2.24) is 24.8 Å². The number of fused-ring (bicyclic) bond motifs is 1. The standard InChI is InChI=1S/C29H34F3N7O2/c1-2-25(40)39-10-8-22(17-39)38-9-7-20(16-38)26(29(30,31)32)35-21-5-3-19(4-6-21)24-15-23-27(36-24)33-18-34-28(23)37-11-13-41-14-12-37/h2-6,15,18,20,22,26,35H,1,7-14,16-17H2,(H,33,34,36)/t20-,22+,26?/m0/s1. The number of rotatable bonds is 7. The number of hydrogen-bond donors (Lipinski definition) is 2. The van der Waals surface area contributed by atoms with Gasteiger partial charge in [0.15, 0.2) is 0 Å². The fourth-order valence-corrected chi connectivity index (χ4v) is 6.29. The first kappa shape index (κ1) is 27.5. The largest absolute Gasteiger partial charge is 0.408 e. The average molecular weight is 570 g/mol. The van der Waals surface area contributed by atoms with Crippen LogP contribution in [0.1, 0.15) is 12.8 Å². The smallest absolute Gasteiger partial charge is 0.378 e. The Bertz CT molecular complexity index is 1390. The van der Waals surface area contributed by atoms with E-state index in [9.17, 15) is 18.0 Å². The van der Waals surface area contributed by atoms with Gasteiger partial charge in [0.1, 0.15) is 23.8 Å². The van der Waals surface area contributed by atoms with E-state index in [0.29, 0.717) is 57.1 Å². The fraction of sp³-hybridized carbons (Fsp3) is 0.483. The molecule has 1 unspecified atom stereocenters. The van der Waals surface area contributed by atoms with Gasteiger partial charge in [0.25, 0.3) is 0 Å². The molecule has 0 saturated carbocycles. The second-order valence-corrected chi connectivity index (χ2v) is 11.0. The summed E-state index contributed by atoms with van der Waals surface area (Å²) < 4.78 is 48.2. The van der Waals surface area contributed by atoms with Crippen LogP contribution in [0.4, 0.5) is 24.7 Å². The summed E-state index contributed by atoms with van der Waals surface area (Å²) in [7, 11) is 0. The van der Waals surface area contributed by atoms with E-state index in [1.54, 1.807) is 17.0 Å². The first-order valence-electron chi connectivity index (χ1n) is 14.1. The molecule has 3 saturated heterocycles. The summed E-state index contributed by atoms with van der Waals surface area (Å²) in [5.74, 6) is 0.138. The summed E-state index contributed by atoms with van der Waals surface area (Å²) in [4.78, 5) is 30.1. The summed E-state index contributed by atoms with van der Waals surface area (Å²) in [5.41, 5.74) is 2.79. The van der Waals surface area contributed by atoms with E-state index in [1.807, 2.05) is 18.2 Å². The van der Waals surface area contributed by atoms with E-state index in [1.165, 1.54) is 12.4 Å². The minimum atomic E-state index is -4.40. The second kappa shape index (κ2) is 11.3. The molecule has 0 aliphatic carbocycles. The van der Waals surface area contributed by atoms with Crippen LogP contribution in [0.2, 0.25) is 0 Å². The number of aromatic amines is 1. The van der Waals surface area contributed by atoms with Gasteiger partial charge in [-0.1, -0.05) is 18.7 Å². The first-order chi connectivity index (χ1) is 19.8. The lowest BCUT2D eigenvalue weighted by molar-refractivity contribution is -0.152. The maximum absolute atomic E-state index is 14.3. The van der Waals surface area contributed by atoms with Gasteiger partial charge in [0.2, 0.25) is 5.91 Å². The molecule has 9 nitrogen and oxygen atoms in total. The summed E-state index contributed by atoms with van der Waals surface area (Å²) in [6.45, 7) is 8.41. The third-order valence-corrected chi connectivity index (χ3v) is 8.48. The molecule has 2 N–H and O–H groups in total. The Kier molecular flexibility index (Phi) is 7.60. The van der Waals surface area contributed by atoms with Crippen LogP contribution in [0.5, 0.6) is 0 Å². The van der Waals surface area contributed by atoms with Crippen molar-refractivity contribution in [3.8, 4) is 11.3 Å². The Balaban J connectivity index is 1.14. The Morgan fingerprint density at radius 1 is 1.10 bits per heavy atom. The van der Waals surface area contributed by atoms with Crippen molar-refractivity contribution in [2.24, 2.45) is 5.92 Å². The number of halogens is 3. The summed E-state index contributed by atoms with van der Waals surface area (Å²) >= 11 is 0. The molecule has 41 heavy (non-hydrogen) atoms. The van der Waals surface area contributed by atoms with E-state index >= 15 is 0 Å². The number of aromatic nitrogens is 3. The number of nitrogens with one attached hydrogen (secondary N) is 2. The van der Waals surface area contributed by atoms with Crippen molar-refractivity contribution in [3.63, 3.8) is 0 Å². The first-order valence-corrected chi connectivity index (χ1v) is 14.1. The van der Waals surface area contributed by atoms with Crippen molar-refractivity contribution >= 4 is 28.4 Å². The third kappa shape index (κ3) is 5.76. The molecule has 12 heteroatoms. The molecule has 3 aromatic rings. The van der Waals surface area contributed by atoms with Crippen LogP contribution < -0.4 is 10.2 Å². The number of benzene rings is 1. The van der Waals surface area contributed by atoms with E-state index < -0.39 is 18.1 Å². The molecule has 1 aromatic carbocycles. The molecular formula is C29H34F3N7O2. The lowest BCUT2D eigenvalue weighted by atomic mass is 9.97. The van der Waals surface area contributed by atoms with Crippen molar-refractivity contribution in [1.29, 1.82) is 0 Å². The number of morpholine rings is 1. The highest BCUT2D eigenvalue weighted by Crippen LogP contribution is 2.36. The molecular weight excluding hydrogens is 535 g/mol. The number of hydrogen-bond acceptors (Lipinski definition) is 7. The molecule has 3 atom stereocenters. The number of anilines is 2. The minimum absolute atomic E-state index is 0.0850. The topological polar surface area (TPSA) is 89.6 Å². The zero-order chi connectivity index (χ0) is 28.6. The zero-order valence-electron chi connectivity index (χ0n) is 22.7. The molecule has 0 radical (unpaired) electrons. The van der Waals surface area contributed by atoms with Crippen molar-refractivity contribution in [2.45, 2.75) is 31.1 Å². The molecule has 1 amide bonds. The van der Waals surface area contributed by atoms with Crippen LogP contribution in [0, 0.1) is 5.92 Å².